The standard InChI is InChI=1S/C15H23FN2O2/c1-5-18(6-2)15(19)10-17-11(3)12-7-8-13(16)14(9-12)20-4/h7-9,11,17H,5-6,10H2,1-4H3. The summed E-state index contributed by atoms with van der Waals surface area (Å²) in [7, 11) is 1.43. The topological polar surface area (TPSA) is 41.6 Å². The van der Waals surface area contributed by atoms with Gasteiger partial charge in [0, 0.05) is 19.1 Å². The lowest BCUT2D eigenvalue weighted by Gasteiger charge is -2.21. The number of hydrogen-bond acceptors (Lipinski definition) is 3. The average molecular weight is 282 g/mol. The van der Waals surface area contributed by atoms with Crippen LogP contribution in [0.5, 0.6) is 5.75 Å². The van der Waals surface area contributed by atoms with E-state index in [1.807, 2.05) is 20.8 Å². The first-order valence-electron chi connectivity index (χ1n) is 6.88. The molecule has 5 heteroatoms. The van der Waals surface area contributed by atoms with Crippen molar-refractivity contribution in [1.82, 2.24) is 10.2 Å². The third-order valence-electron chi connectivity index (χ3n) is 3.35. The Balaban J connectivity index is 2.63. The maximum atomic E-state index is 13.3. The summed E-state index contributed by atoms with van der Waals surface area (Å²) < 4.78 is 18.3. The fourth-order valence-electron chi connectivity index (χ4n) is 1.99. The van der Waals surface area contributed by atoms with Crippen molar-refractivity contribution in [2.45, 2.75) is 26.8 Å². The Bertz CT molecular complexity index is 447. The molecule has 0 heterocycles. The van der Waals surface area contributed by atoms with Gasteiger partial charge in [-0.15, -0.1) is 0 Å². The van der Waals surface area contributed by atoms with Crippen molar-refractivity contribution in [2.75, 3.05) is 26.7 Å². The summed E-state index contributed by atoms with van der Waals surface area (Å²) in [6.07, 6.45) is 0. The lowest BCUT2D eigenvalue weighted by atomic mass is 10.1. The largest absolute Gasteiger partial charge is 0.494 e. The van der Waals surface area contributed by atoms with E-state index in [-0.39, 0.29) is 30.1 Å². The summed E-state index contributed by atoms with van der Waals surface area (Å²) in [5.41, 5.74) is 0.885. The summed E-state index contributed by atoms with van der Waals surface area (Å²) >= 11 is 0. The van der Waals surface area contributed by atoms with Gasteiger partial charge in [0.25, 0.3) is 0 Å². The number of methoxy groups -OCH3 is 1. The Morgan fingerprint density at radius 2 is 2.05 bits per heavy atom. The Morgan fingerprint density at radius 3 is 2.60 bits per heavy atom. The number of rotatable bonds is 7. The van der Waals surface area contributed by atoms with Gasteiger partial charge in [0.15, 0.2) is 11.6 Å². The molecule has 1 aromatic carbocycles. The molecule has 20 heavy (non-hydrogen) atoms. The van der Waals surface area contributed by atoms with Gasteiger partial charge in [-0.1, -0.05) is 6.07 Å². The SMILES string of the molecule is CCN(CC)C(=O)CNC(C)c1ccc(F)c(OC)c1. The zero-order valence-electron chi connectivity index (χ0n) is 12.6. The second-order valence-electron chi connectivity index (χ2n) is 4.56. The number of nitrogens with one attached hydrogen (secondary N) is 1. The van der Waals surface area contributed by atoms with Crippen LogP contribution in [0.15, 0.2) is 18.2 Å². The number of benzene rings is 1. The van der Waals surface area contributed by atoms with Crippen molar-refractivity contribution in [3.05, 3.63) is 29.6 Å². The van der Waals surface area contributed by atoms with Gasteiger partial charge in [-0.3, -0.25) is 4.79 Å². The molecule has 0 aliphatic carbocycles. The van der Waals surface area contributed by atoms with Crippen molar-refractivity contribution in [3.8, 4) is 5.75 Å². The number of hydrogen-bond donors (Lipinski definition) is 1. The van der Waals surface area contributed by atoms with E-state index in [0.717, 1.165) is 5.56 Å². The summed E-state index contributed by atoms with van der Waals surface area (Å²) in [6.45, 7) is 7.52. The number of halogens is 1. The molecular formula is C15H23FN2O2. The second-order valence-corrected chi connectivity index (χ2v) is 4.56. The van der Waals surface area contributed by atoms with E-state index >= 15 is 0 Å². The summed E-state index contributed by atoms with van der Waals surface area (Å²) in [6, 6.07) is 4.66. The first-order chi connectivity index (χ1) is 9.53. The number of nitrogens with zero attached hydrogens (tertiary/aromatic N) is 1. The van der Waals surface area contributed by atoms with Gasteiger partial charge < -0.3 is 15.0 Å². The van der Waals surface area contributed by atoms with E-state index in [4.69, 9.17) is 4.74 Å². The van der Waals surface area contributed by atoms with Crippen LogP contribution in [0.3, 0.4) is 0 Å². The summed E-state index contributed by atoms with van der Waals surface area (Å²) in [5.74, 6) is -0.107. The summed E-state index contributed by atoms with van der Waals surface area (Å²) in [5, 5.41) is 3.15. The van der Waals surface area contributed by atoms with Crippen LogP contribution in [0.25, 0.3) is 0 Å². The summed E-state index contributed by atoms with van der Waals surface area (Å²) in [4.78, 5) is 13.7. The molecule has 0 spiro atoms. The molecule has 0 radical (unpaired) electrons. The highest BCUT2D eigenvalue weighted by Crippen LogP contribution is 2.22. The molecule has 0 fully saturated rings. The monoisotopic (exact) mass is 282 g/mol. The average Bonchev–Trinajstić information content (AvgIpc) is 2.46. The number of likely N-dealkylation sites (N-methyl/N-ethyl adjacent to an activating group) is 1. The molecule has 0 aliphatic heterocycles. The van der Waals surface area contributed by atoms with Crippen molar-refractivity contribution >= 4 is 5.91 Å². The molecule has 0 saturated carbocycles. The molecule has 1 atom stereocenters. The van der Waals surface area contributed by atoms with Gasteiger partial charge in [-0.25, -0.2) is 4.39 Å². The van der Waals surface area contributed by atoms with Crippen molar-refractivity contribution in [2.24, 2.45) is 0 Å². The van der Waals surface area contributed by atoms with Gasteiger partial charge in [0.1, 0.15) is 0 Å². The van der Waals surface area contributed by atoms with Crippen molar-refractivity contribution in [1.29, 1.82) is 0 Å². The van der Waals surface area contributed by atoms with Crippen LogP contribution >= 0.6 is 0 Å². The highest BCUT2D eigenvalue weighted by Gasteiger charge is 2.13. The second kappa shape index (κ2) is 7.85. The lowest BCUT2D eigenvalue weighted by molar-refractivity contribution is -0.129. The number of ether oxygens (including phenoxy) is 1. The van der Waals surface area contributed by atoms with Crippen LogP contribution in [0.2, 0.25) is 0 Å². The zero-order chi connectivity index (χ0) is 15.1. The molecule has 0 saturated heterocycles. The van der Waals surface area contributed by atoms with E-state index < -0.39 is 0 Å². The van der Waals surface area contributed by atoms with Crippen LogP contribution in [0.1, 0.15) is 32.4 Å². The quantitative estimate of drug-likeness (QED) is 0.834. The van der Waals surface area contributed by atoms with Crippen LogP contribution in [0, 0.1) is 5.82 Å². The van der Waals surface area contributed by atoms with Crippen LogP contribution in [0.4, 0.5) is 4.39 Å². The number of amides is 1. The van der Waals surface area contributed by atoms with Crippen molar-refractivity contribution in [3.63, 3.8) is 0 Å². The third-order valence-corrected chi connectivity index (χ3v) is 3.35. The van der Waals surface area contributed by atoms with Gasteiger partial charge in [-0.05, 0) is 38.5 Å². The lowest BCUT2D eigenvalue weighted by Crippen LogP contribution is -2.38. The molecule has 0 aliphatic rings. The number of carbonyl (C=O) groups excluding carboxylic acids is 1. The Kier molecular flexibility index (Phi) is 6.45. The van der Waals surface area contributed by atoms with E-state index in [1.54, 1.807) is 17.0 Å². The molecular weight excluding hydrogens is 259 g/mol. The molecule has 4 nitrogen and oxygen atoms in total. The minimum absolute atomic E-state index is 0.0518. The van der Waals surface area contributed by atoms with Gasteiger partial charge in [0.05, 0.1) is 13.7 Å². The van der Waals surface area contributed by atoms with Gasteiger partial charge >= 0.3 is 0 Å². The Morgan fingerprint density at radius 1 is 1.40 bits per heavy atom. The van der Waals surface area contributed by atoms with E-state index in [1.165, 1.54) is 13.2 Å². The van der Waals surface area contributed by atoms with Crippen molar-refractivity contribution < 1.29 is 13.9 Å². The molecule has 1 rings (SSSR count). The van der Waals surface area contributed by atoms with E-state index in [9.17, 15) is 9.18 Å². The fourth-order valence-corrected chi connectivity index (χ4v) is 1.99. The first kappa shape index (κ1) is 16.4. The molecule has 1 unspecified atom stereocenters. The predicted molar refractivity (Wildman–Crippen MR) is 77.3 cm³/mol. The fraction of sp³-hybridized carbons (Fsp3) is 0.533. The zero-order valence-corrected chi connectivity index (χ0v) is 12.6. The van der Waals surface area contributed by atoms with E-state index in [2.05, 4.69) is 5.32 Å². The highest BCUT2D eigenvalue weighted by atomic mass is 19.1. The van der Waals surface area contributed by atoms with Crippen LogP contribution < -0.4 is 10.1 Å². The molecule has 1 N–H and O–H groups in total. The molecule has 1 amide bonds. The highest BCUT2D eigenvalue weighted by molar-refractivity contribution is 5.78. The van der Waals surface area contributed by atoms with E-state index in [0.29, 0.717) is 13.1 Å². The molecule has 0 bridgehead atoms. The maximum Gasteiger partial charge on any atom is 0.236 e. The van der Waals surface area contributed by atoms with Gasteiger partial charge in [0.2, 0.25) is 5.91 Å². The normalized spacial score (nSPS) is 12.1. The maximum absolute atomic E-state index is 13.3. The van der Waals surface area contributed by atoms with Crippen LogP contribution in [-0.2, 0) is 4.79 Å². The first-order valence-corrected chi connectivity index (χ1v) is 6.88. The third kappa shape index (κ3) is 4.20. The van der Waals surface area contributed by atoms with Gasteiger partial charge in [-0.2, -0.15) is 0 Å². The predicted octanol–water partition coefficient (Wildman–Crippen LogP) is 2.35. The molecule has 112 valence electrons. The smallest absolute Gasteiger partial charge is 0.236 e. The minimum Gasteiger partial charge on any atom is -0.494 e. The molecule has 0 aromatic heterocycles. The Hall–Kier alpha value is -1.62. The molecule has 1 aromatic rings. The number of carbonyl (C=O) groups is 1. The minimum atomic E-state index is -0.386. The Labute approximate surface area is 119 Å². The van der Waals surface area contributed by atoms with Crippen LogP contribution in [-0.4, -0.2) is 37.6 Å².